The minimum absolute atomic E-state index is 0.0249. The molecule has 1 N–H and O–H groups in total. The minimum Gasteiger partial charge on any atom is -0.497 e. The minimum atomic E-state index is -1.05. The fourth-order valence-electron chi connectivity index (χ4n) is 3.06. The van der Waals surface area contributed by atoms with Gasteiger partial charge in [-0.05, 0) is 40.9 Å². The number of guanidine groups is 1. The van der Waals surface area contributed by atoms with Gasteiger partial charge in [0.1, 0.15) is 12.3 Å². The van der Waals surface area contributed by atoms with Crippen LogP contribution >= 0.6 is 11.6 Å². The van der Waals surface area contributed by atoms with Crippen molar-refractivity contribution in [2.75, 3.05) is 13.7 Å². The lowest BCUT2D eigenvalue weighted by atomic mass is 9.70. The van der Waals surface area contributed by atoms with Gasteiger partial charge in [0.2, 0.25) is 5.96 Å². The van der Waals surface area contributed by atoms with E-state index in [1.807, 2.05) is 12.1 Å². The largest absolute Gasteiger partial charge is 0.497 e. The predicted octanol–water partition coefficient (Wildman–Crippen LogP) is 1.08. The third-order valence-electron chi connectivity index (χ3n) is 4.48. The molecule has 0 fully saturated rings. The van der Waals surface area contributed by atoms with Gasteiger partial charge in [0.15, 0.2) is 0 Å². The predicted molar refractivity (Wildman–Crippen MR) is 104 cm³/mol. The molecule has 2 aromatic rings. The maximum atomic E-state index is 12.3. The molecule has 27 heavy (non-hydrogen) atoms. The van der Waals surface area contributed by atoms with Crippen molar-refractivity contribution < 1.29 is 14.6 Å². The second kappa shape index (κ2) is 7.05. The number of hydrogen-bond acceptors (Lipinski definition) is 6. The van der Waals surface area contributed by atoms with Crippen LogP contribution in [-0.2, 0) is 11.3 Å². The van der Waals surface area contributed by atoms with Crippen molar-refractivity contribution in [3.8, 4) is 5.75 Å². The molecule has 7 nitrogen and oxygen atoms in total. The van der Waals surface area contributed by atoms with Crippen molar-refractivity contribution in [1.29, 1.82) is 0 Å². The monoisotopic (exact) mass is 382 g/mol. The first-order valence-electron chi connectivity index (χ1n) is 8.35. The first-order valence-corrected chi connectivity index (χ1v) is 8.73. The van der Waals surface area contributed by atoms with Gasteiger partial charge in [0, 0.05) is 5.02 Å². The standard InChI is InChI=1S/C18H16BClN4O3/c1-27-15-6-7-16-13(8-15)9-22-24(19(16)26)18-21-10-17(25)23(18)11-12-2-4-14(20)5-3-12/h2-9,26H,10-11H2,1H3. The summed E-state index contributed by atoms with van der Waals surface area (Å²) in [7, 11) is 0.533. The Kier molecular flexibility index (Phi) is 4.59. The highest BCUT2D eigenvalue weighted by atomic mass is 35.5. The number of hydrogen-bond donors (Lipinski definition) is 1. The number of halogens is 1. The molecular formula is C18H16BClN4O3. The van der Waals surface area contributed by atoms with Crippen molar-refractivity contribution in [2.45, 2.75) is 6.54 Å². The molecule has 0 unspecified atom stereocenters. The highest BCUT2D eigenvalue weighted by Gasteiger charge is 2.38. The number of amides is 1. The number of carbonyl (C=O) groups is 1. The summed E-state index contributed by atoms with van der Waals surface area (Å²) in [5.41, 5.74) is 2.33. The molecule has 0 bridgehead atoms. The summed E-state index contributed by atoms with van der Waals surface area (Å²) in [5.74, 6) is 0.849. The van der Waals surface area contributed by atoms with Crippen LogP contribution in [-0.4, -0.2) is 53.6 Å². The van der Waals surface area contributed by atoms with Crippen molar-refractivity contribution in [3.63, 3.8) is 0 Å². The Morgan fingerprint density at radius 2 is 2.04 bits per heavy atom. The smallest absolute Gasteiger partial charge is 0.474 e. The number of benzene rings is 2. The van der Waals surface area contributed by atoms with Crippen molar-refractivity contribution in [2.24, 2.45) is 10.1 Å². The zero-order chi connectivity index (χ0) is 19.0. The van der Waals surface area contributed by atoms with Crippen LogP contribution < -0.4 is 10.2 Å². The number of ether oxygens (including phenoxy) is 1. The molecular weight excluding hydrogens is 366 g/mol. The molecule has 0 saturated heterocycles. The van der Waals surface area contributed by atoms with E-state index >= 15 is 0 Å². The topological polar surface area (TPSA) is 77.7 Å². The number of hydrazone groups is 1. The van der Waals surface area contributed by atoms with Crippen LogP contribution in [0, 0.1) is 0 Å². The highest BCUT2D eigenvalue weighted by molar-refractivity contribution is 6.67. The quantitative estimate of drug-likeness (QED) is 0.806. The Bertz CT molecular complexity index is 948. The Hall–Kier alpha value is -2.84. The first kappa shape index (κ1) is 17.6. The van der Waals surface area contributed by atoms with Gasteiger partial charge in [-0.2, -0.15) is 5.10 Å². The van der Waals surface area contributed by atoms with Crippen molar-refractivity contribution in [3.05, 3.63) is 58.6 Å². The van der Waals surface area contributed by atoms with Gasteiger partial charge in [-0.3, -0.25) is 9.69 Å². The molecule has 9 heteroatoms. The van der Waals surface area contributed by atoms with Crippen LogP contribution in [0.5, 0.6) is 5.75 Å². The number of carbonyl (C=O) groups excluding carboxylic acids is 1. The average molecular weight is 383 g/mol. The van der Waals surface area contributed by atoms with E-state index in [4.69, 9.17) is 16.3 Å². The van der Waals surface area contributed by atoms with Crippen LogP contribution in [0.1, 0.15) is 11.1 Å². The second-order valence-corrected chi connectivity index (χ2v) is 6.62. The van der Waals surface area contributed by atoms with Crippen LogP contribution in [0.4, 0.5) is 0 Å². The normalized spacial score (nSPS) is 15.9. The van der Waals surface area contributed by atoms with Gasteiger partial charge in [0.05, 0.1) is 19.9 Å². The number of methoxy groups -OCH3 is 1. The molecule has 0 saturated carbocycles. The van der Waals surface area contributed by atoms with E-state index in [0.29, 0.717) is 28.7 Å². The van der Waals surface area contributed by atoms with Crippen molar-refractivity contribution in [1.82, 2.24) is 9.82 Å². The van der Waals surface area contributed by atoms with Gasteiger partial charge in [-0.1, -0.05) is 29.8 Å². The van der Waals surface area contributed by atoms with Crippen LogP contribution in [0.2, 0.25) is 5.02 Å². The van der Waals surface area contributed by atoms with E-state index in [1.165, 1.54) is 9.82 Å². The molecule has 0 aliphatic carbocycles. The molecule has 1 amide bonds. The maximum absolute atomic E-state index is 12.3. The lowest BCUT2D eigenvalue weighted by Crippen LogP contribution is -2.56. The first-order chi connectivity index (χ1) is 13.1. The second-order valence-electron chi connectivity index (χ2n) is 6.18. The fourth-order valence-corrected chi connectivity index (χ4v) is 3.18. The van der Waals surface area contributed by atoms with Gasteiger partial charge in [-0.25, -0.2) is 9.91 Å². The Labute approximate surface area is 161 Å². The van der Waals surface area contributed by atoms with E-state index in [9.17, 15) is 9.82 Å². The molecule has 0 spiro atoms. The van der Waals surface area contributed by atoms with Crippen molar-refractivity contribution >= 4 is 42.2 Å². The summed E-state index contributed by atoms with van der Waals surface area (Å²) in [4.78, 5) is 19.5. The lowest BCUT2D eigenvalue weighted by Gasteiger charge is -2.30. The number of rotatable bonds is 3. The fraction of sp³-hybridized carbons (Fsp3) is 0.167. The summed E-state index contributed by atoms with van der Waals surface area (Å²) in [6.07, 6.45) is 1.62. The van der Waals surface area contributed by atoms with Gasteiger partial charge >= 0.3 is 7.05 Å². The third kappa shape index (κ3) is 3.29. The van der Waals surface area contributed by atoms with E-state index in [-0.39, 0.29) is 12.5 Å². The SMILES string of the molecule is COc1ccc2c(c1)C=NN(C1=NCC(=O)N1Cc1ccc(Cl)cc1)B2O. The molecule has 0 aromatic heterocycles. The molecule has 0 radical (unpaired) electrons. The molecule has 2 aliphatic rings. The van der Waals surface area contributed by atoms with E-state index < -0.39 is 7.05 Å². The maximum Gasteiger partial charge on any atom is 0.474 e. The Morgan fingerprint density at radius 1 is 1.26 bits per heavy atom. The van der Waals surface area contributed by atoms with E-state index in [0.717, 1.165) is 11.1 Å². The van der Waals surface area contributed by atoms with Gasteiger partial charge in [-0.15, -0.1) is 0 Å². The zero-order valence-corrected chi connectivity index (χ0v) is 15.3. The summed E-state index contributed by atoms with van der Waals surface area (Å²) in [6.45, 7) is 0.347. The molecule has 2 aliphatic heterocycles. The number of nitrogens with zero attached hydrogens (tertiary/aromatic N) is 4. The molecule has 136 valence electrons. The Balaban J connectivity index is 1.60. The zero-order valence-electron chi connectivity index (χ0n) is 14.5. The van der Waals surface area contributed by atoms with Crippen LogP contribution in [0.15, 0.2) is 52.6 Å². The molecule has 2 aromatic carbocycles. The third-order valence-corrected chi connectivity index (χ3v) is 4.73. The molecule has 0 atom stereocenters. The van der Waals surface area contributed by atoms with Crippen LogP contribution in [0.25, 0.3) is 0 Å². The lowest BCUT2D eigenvalue weighted by molar-refractivity contribution is -0.125. The van der Waals surface area contributed by atoms with E-state index in [2.05, 4.69) is 10.1 Å². The summed E-state index contributed by atoms with van der Waals surface area (Å²) in [6, 6.07) is 12.6. The summed E-state index contributed by atoms with van der Waals surface area (Å²) < 4.78 is 5.21. The summed E-state index contributed by atoms with van der Waals surface area (Å²) in [5, 5.41) is 15.7. The van der Waals surface area contributed by atoms with E-state index in [1.54, 1.807) is 43.7 Å². The van der Waals surface area contributed by atoms with Gasteiger partial charge < -0.3 is 9.76 Å². The van der Waals surface area contributed by atoms with Gasteiger partial charge in [0.25, 0.3) is 5.91 Å². The molecule has 4 rings (SSSR count). The average Bonchev–Trinajstić information content (AvgIpc) is 3.04. The Morgan fingerprint density at radius 3 is 2.78 bits per heavy atom. The highest BCUT2D eigenvalue weighted by Crippen LogP contribution is 2.19. The number of fused-ring (bicyclic) bond motifs is 1. The summed E-state index contributed by atoms with van der Waals surface area (Å²) >= 11 is 5.92. The van der Waals surface area contributed by atoms with Crippen LogP contribution in [0.3, 0.4) is 0 Å². The molecule has 2 heterocycles. The number of aliphatic imine (C=N–C) groups is 1.